The molecule has 2 N–H and O–H groups in total. The van der Waals surface area contributed by atoms with Gasteiger partial charge >= 0.3 is 5.97 Å². The maximum Gasteiger partial charge on any atom is 0.326 e. The van der Waals surface area contributed by atoms with Gasteiger partial charge in [0.1, 0.15) is 12.1 Å². The van der Waals surface area contributed by atoms with Crippen LogP contribution in [0.5, 0.6) is 0 Å². The number of carbonyl (C=O) groups is 4. The maximum absolute atomic E-state index is 12.5. The number of rotatable bonds is 7. The Morgan fingerprint density at radius 1 is 1.12 bits per heavy atom. The Bertz CT molecular complexity index is 715. The van der Waals surface area contributed by atoms with Gasteiger partial charge < -0.3 is 10.4 Å². The molecule has 26 heavy (non-hydrogen) atoms. The lowest BCUT2D eigenvalue weighted by atomic mass is 10.0. The smallest absolute Gasteiger partial charge is 0.326 e. The first-order valence-electron chi connectivity index (χ1n) is 7.93. The zero-order chi connectivity index (χ0) is 19.6. The molecule has 3 amide bonds. The number of nitrogens with one attached hydrogen (secondary N) is 1. The minimum absolute atomic E-state index is 0.137. The third kappa shape index (κ3) is 3.71. The first-order valence-corrected chi connectivity index (χ1v) is 7.93. The number of benzene rings is 1. The van der Waals surface area contributed by atoms with E-state index in [-0.39, 0.29) is 11.1 Å². The van der Waals surface area contributed by atoms with E-state index in [9.17, 15) is 28.0 Å². The van der Waals surface area contributed by atoms with Crippen molar-refractivity contribution in [1.29, 1.82) is 0 Å². The first-order chi connectivity index (χ1) is 12.1. The van der Waals surface area contributed by atoms with Gasteiger partial charge in [0, 0.05) is 6.42 Å². The molecular weight excluding hydrogens is 350 g/mol. The van der Waals surface area contributed by atoms with Crippen LogP contribution in [0.4, 0.5) is 8.78 Å². The molecule has 2 unspecified atom stereocenters. The zero-order valence-corrected chi connectivity index (χ0v) is 14.1. The second-order valence-corrected chi connectivity index (χ2v) is 6.24. The molecular formula is C17H18F2N2O5. The molecule has 2 atom stereocenters. The Balaban J connectivity index is 2.29. The van der Waals surface area contributed by atoms with Gasteiger partial charge in [-0.3, -0.25) is 19.3 Å². The van der Waals surface area contributed by atoms with E-state index in [2.05, 4.69) is 0 Å². The van der Waals surface area contributed by atoms with Gasteiger partial charge in [-0.2, -0.15) is 0 Å². The highest BCUT2D eigenvalue weighted by atomic mass is 19.3. The number of aliphatic carboxylic acids is 1. The third-order valence-corrected chi connectivity index (χ3v) is 4.03. The van der Waals surface area contributed by atoms with Gasteiger partial charge in [-0.15, -0.1) is 0 Å². The quantitative estimate of drug-likeness (QED) is 0.711. The van der Waals surface area contributed by atoms with E-state index in [1.54, 1.807) is 26.0 Å². The molecule has 0 bridgehead atoms. The number of imide groups is 1. The monoisotopic (exact) mass is 368 g/mol. The number of hydrogen-bond acceptors (Lipinski definition) is 4. The van der Waals surface area contributed by atoms with Gasteiger partial charge in [0.25, 0.3) is 11.8 Å². The number of fused-ring (bicyclic) bond motifs is 1. The largest absolute Gasteiger partial charge is 0.480 e. The number of hydrogen-bond donors (Lipinski definition) is 2. The summed E-state index contributed by atoms with van der Waals surface area (Å²) in [6.07, 6.45) is -4.01. The highest BCUT2D eigenvalue weighted by Gasteiger charge is 2.44. The fourth-order valence-corrected chi connectivity index (χ4v) is 2.84. The van der Waals surface area contributed by atoms with Crippen molar-refractivity contribution in [1.82, 2.24) is 10.2 Å². The number of alkyl halides is 2. The van der Waals surface area contributed by atoms with Crippen molar-refractivity contribution in [3.05, 3.63) is 35.4 Å². The van der Waals surface area contributed by atoms with Crippen LogP contribution < -0.4 is 5.32 Å². The Morgan fingerprint density at radius 2 is 1.62 bits per heavy atom. The van der Waals surface area contributed by atoms with E-state index >= 15 is 0 Å². The summed E-state index contributed by atoms with van der Waals surface area (Å²) in [4.78, 5) is 49.5. The highest BCUT2D eigenvalue weighted by molar-refractivity contribution is 6.22. The SMILES string of the molecule is CC(C)C(C(=O)NC(CC(F)F)C(=O)O)N1C(=O)c2ccccc2C1=O. The Labute approximate surface area is 148 Å². The van der Waals surface area contributed by atoms with E-state index in [0.29, 0.717) is 0 Å². The Morgan fingerprint density at radius 3 is 2.00 bits per heavy atom. The number of amides is 3. The molecule has 1 aromatic carbocycles. The molecule has 1 heterocycles. The summed E-state index contributed by atoms with van der Waals surface area (Å²) >= 11 is 0. The van der Waals surface area contributed by atoms with Gasteiger partial charge in [0.2, 0.25) is 12.3 Å². The van der Waals surface area contributed by atoms with Crippen molar-refractivity contribution in [2.75, 3.05) is 0 Å². The van der Waals surface area contributed by atoms with E-state index in [0.717, 1.165) is 4.90 Å². The van der Waals surface area contributed by atoms with Crippen LogP contribution in [0.15, 0.2) is 24.3 Å². The topological polar surface area (TPSA) is 104 Å². The molecule has 0 aromatic heterocycles. The summed E-state index contributed by atoms with van der Waals surface area (Å²) in [6, 6.07) is 2.90. The molecule has 0 radical (unpaired) electrons. The molecule has 0 saturated heterocycles. The van der Waals surface area contributed by atoms with Crippen LogP contribution in [0.3, 0.4) is 0 Å². The Hall–Kier alpha value is -2.84. The molecule has 7 nitrogen and oxygen atoms in total. The second-order valence-electron chi connectivity index (χ2n) is 6.24. The summed E-state index contributed by atoms with van der Waals surface area (Å²) in [5.74, 6) is -4.51. The van der Waals surface area contributed by atoms with Crippen LogP contribution in [-0.4, -0.2) is 52.2 Å². The number of nitrogens with zero attached hydrogens (tertiary/aromatic N) is 1. The summed E-state index contributed by atoms with van der Waals surface area (Å²) in [5, 5.41) is 11.0. The predicted octanol–water partition coefficient (Wildman–Crippen LogP) is 1.53. The molecule has 0 fully saturated rings. The zero-order valence-electron chi connectivity index (χ0n) is 14.1. The molecule has 1 aromatic rings. The lowest BCUT2D eigenvalue weighted by Gasteiger charge is -2.29. The van der Waals surface area contributed by atoms with Gasteiger partial charge in [0.05, 0.1) is 11.1 Å². The minimum atomic E-state index is -2.94. The molecule has 0 spiro atoms. The van der Waals surface area contributed by atoms with Gasteiger partial charge in [-0.1, -0.05) is 26.0 Å². The summed E-state index contributed by atoms with van der Waals surface area (Å²) in [5.41, 5.74) is 0.275. The molecule has 2 rings (SSSR count). The van der Waals surface area contributed by atoms with Crippen LogP contribution in [0.1, 0.15) is 41.0 Å². The summed E-state index contributed by atoms with van der Waals surface area (Å²) in [7, 11) is 0. The van der Waals surface area contributed by atoms with Crippen molar-refractivity contribution in [3.63, 3.8) is 0 Å². The van der Waals surface area contributed by atoms with Crippen LogP contribution in [-0.2, 0) is 9.59 Å². The number of carboxylic acid groups (broad SMARTS) is 1. The average molecular weight is 368 g/mol. The molecule has 1 aliphatic rings. The Kier molecular flexibility index (Phi) is 5.69. The van der Waals surface area contributed by atoms with Crippen molar-refractivity contribution >= 4 is 23.7 Å². The highest BCUT2D eigenvalue weighted by Crippen LogP contribution is 2.27. The van der Waals surface area contributed by atoms with Gasteiger partial charge in [-0.05, 0) is 18.1 Å². The summed E-state index contributed by atoms with van der Waals surface area (Å²) in [6.45, 7) is 3.13. The fourth-order valence-electron chi connectivity index (χ4n) is 2.84. The predicted molar refractivity (Wildman–Crippen MR) is 85.8 cm³/mol. The third-order valence-electron chi connectivity index (χ3n) is 4.03. The van der Waals surface area contributed by atoms with Crippen LogP contribution in [0.2, 0.25) is 0 Å². The van der Waals surface area contributed by atoms with Gasteiger partial charge in [0.15, 0.2) is 0 Å². The fraction of sp³-hybridized carbons (Fsp3) is 0.412. The van der Waals surface area contributed by atoms with Crippen LogP contribution in [0, 0.1) is 5.92 Å². The van der Waals surface area contributed by atoms with E-state index in [4.69, 9.17) is 5.11 Å². The van der Waals surface area contributed by atoms with Crippen molar-refractivity contribution in [3.8, 4) is 0 Å². The molecule has 0 saturated carbocycles. The number of carbonyl (C=O) groups excluding carboxylic acids is 3. The normalized spacial score (nSPS) is 16.0. The first kappa shape index (κ1) is 19.5. The van der Waals surface area contributed by atoms with E-state index in [1.165, 1.54) is 12.1 Å². The van der Waals surface area contributed by atoms with E-state index < -0.39 is 54.5 Å². The standard InChI is InChI=1S/C17H18F2N2O5/c1-8(2)13(14(22)20-11(17(25)26)7-12(18)19)21-15(23)9-5-3-4-6-10(9)16(21)24/h3-6,8,11-13H,7H2,1-2H3,(H,20,22)(H,25,26). The van der Waals surface area contributed by atoms with Crippen molar-refractivity contribution in [2.24, 2.45) is 5.92 Å². The number of halogens is 2. The maximum atomic E-state index is 12.5. The van der Waals surface area contributed by atoms with Crippen molar-refractivity contribution < 1.29 is 33.1 Å². The second kappa shape index (κ2) is 7.59. The molecule has 0 aliphatic carbocycles. The summed E-state index contributed by atoms with van der Waals surface area (Å²) < 4.78 is 25.1. The van der Waals surface area contributed by atoms with E-state index in [1.807, 2.05) is 5.32 Å². The van der Waals surface area contributed by atoms with Crippen LogP contribution >= 0.6 is 0 Å². The molecule has 1 aliphatic heterocycles. The van der Waals surface area contributed by atoms with Crippen LogP contribution in [0.25, 0.3) is 0 Å². The average Bonchev–Trinajstić information content (AvgIpc) is 2.79. The van der Waals surface area contributed by atoms with Crippen molar-refractivity contribution in [2.45, 2.75) is 38.8 Å². The lowest BCUT2D eigenvalue weighted by Crippen LogP contribution is -2.55. The number of carboxylic acids is 1. The molecule has 9 heteroatoms. The molecule has 140 valence electrons. The minimum Gasteiger partial charge on any atom is -0.480 e. The van der Waals surface area contributed by atoms with Gasteiger partial charge in [-0.25, -0.2) is 13.6 Å². The lowest BCUT2D eigenvalue weighted by molar-refractivity contribution is -0.143.